The molecule has 2 aromatic heterocycles. The Labute approximate surface area is 145 Å². The maximum Gasteiger partial charge on any atom is 0.271 e. The van der Waals surface area contributed by atoms with Crippen LogP contribution in [0.2, 0.25) is 5.02 Å². The average molecular weight is 344 g/mol. The predicted octanol–water partition coefficient (Wildman–Crippen LogP) is 3.09. The first-order valence-electron chi connectivity index (χ1n) is 7.75. The van der Waals surface area contributed by atoms with Gasteiger partial charge in [0.1, 0.15) is 5.69 Å². The summed E-state index contributed by atoms with van der Waals surface area (Å²) in [6.07, 6.45) is 3.61. The molecule has 0 bridgehead atoms. The van der Waals surface area contributed by atoms with E-state index in [0.717, 1.165) is 11.3 Å². The summed E-state index contributed by atoms with van der Waals surface area (Å²) in [6, 6.07) is 11.0. The van der Waals surface area contributed by atoms with Crippen LogP contribution in [0.5, 0.6) is 0 Å². The second-order valence-electron chi connectivity index (χ2n) is 5.33. The smallest absolute Gasteiger partial charge is 0.271 e. The molecular weight excluding hydrogens is 326 g/mol. The van der Waals surface area contributed by atoms with Gasteiger partial charge in [-0.3, -0.25) is 14.6 Å². The molecule has 0 fully saturated rings. The van der Waals surface area contributed by atoms with E-state index < -0.39 is 0 Å². The summed E-state index contributed by atoms with van der Waals surface area (Å²) >= 11 is 5.90. The van der Waals surface area contributed by atoms with Crippen molar-refractivity contribution in [2.45, 2.75) is 13.5 Å². The molecule has 0 atom stereocenters. The molecule has 0 spiro atoms. The van der Waals surface area contributed by atoms with E-state index in [4.69, 9.17) is 11.6 Å². The molecule has 3 aromatic rings. The van der Waals surface area contributed by atoms with Crippen LogP contribution in [0.15, 0.2) is 48.8 Å². The molecule has 0 unspecified atom stereocenters. The third-order valence-electron chi connectivity index (χ3n) is 3.78. The van der Waals surface area contributed by atoms with Crippen molar-refractivity contribution in [2.75, 3.05) is 13.1 Å². The van der Waals surface area contributed by atoms with Crippen molar-refractivity contribution < 1.29 is 4.79 Å². The zero-order valence-corrected chi connectivity index (χ0v) is 14.1. The van der Waals surface area contributed by atoms with E-state index in [1.807, 2.05) is 36.0 Å². The highest BCUT2D eigenvalue weighted by atomic mass is 35.5. The van der Waals surface area contributed by atoms with Crippen LogP contribution in [0.3, 0.4) is 0 Å². The number of nitrogens with zero attached hydrogens (tertiary/aromatic N) is 4. The highest BCUT2D eigenvalue weighted by Gasteiger charge is 2.17. The number of aromatic nitrogens is 4. The molecule has 0 aliphatic heterocycles. The Morgan fingerprint density at radius 2 is 2.12 bits per heavy atom. The topological polar surface area (TPSA) is 66.8 Å². The van der Waals surface area contributed by atoms with Crippen LogP contribution in [-0.2, 0) is 6.54 Å². The molecule has 124 valence electrons. The number of amides is 1. The van der Waals surface area contributed by atoms with Gasteiger partial charge in [0.15, 0.2) is 0 Å². The Morgan fingerprint density at radius 1 is 1.33 bits per heavy atom. The zero-order valence-electron chi connectivity index (χ0n) is 13.3. The van der Waals surface area contributed by atoms with E-state index in [2.05, 4.69) is 15.3 Å². The maximum absolute atomic E-state index is 12.6. The van der Waals surface area contributed by atoms with Crippen LogP contribution in [0, 0.1) is 0 Å². The van der Waals surface area contributed by atoms with Gasteiger partial charge >= 0.3 is 0 Å². The molecule has 24 heavy (non-hydrogen) atoms. The number of likely N-dealkylation sites (N-methyl/N-ethyl adjacent to an activating group) is 1. The van der Waals surface area contributed by atoms with E-state index in [1.54, 1.807) is 29.3 Å². The third-order valence-corrected chi connectivity index (χ3v) is 4.03. The van der Waals surface area contributed by atoms with Gasteiger partial charge in [0.25, 0.3) is 5.91 Å². The van der Waals surface area contributed by atoms with Crippen LogP contribution >= 0.6 is 11.6 Å². The average Bonchev–Trinajstić information content (AvgIpc) is 3.27. The molecular formula is C17H18ClN5O. The maximum atomic E-state index is 12.6. The molecule has 2 heterocycles. The van der Waals surface area contributed by atoms with Crippen molar-refractivity contribution in [3.05, 3.63) is 59.5 Å². The first kappa shape index (κ1) is 16.3. The summed E-state index contributed by atoms with van der Waals surface area (Å²) in [5, 5.41) is 11.9. The van der Waals surface area contributed by atoms with Gasteiger partial charge < -0.3 is 4.90 Å². The van der Waals surface area contributed by atoms with Crippen LogP contribution in [0.1, 0.15) is 17.4 Å². The van der Waals surface area contributed by atoms with Gasteiger partial charge in [-0.25, -0.2) is 0 Å². The van der Waals surface area contributed by atoms with Crippen molar-refractivity contribution in [1.82, 2.24) is 24.9 Å². The molecule has 7 heteroatoms. The molecule has 6 nitrogen and oxygen atoms in total. The number of carbonyl (C=O) groups is 1. The molecule has 1 amide bonds. The lowest BCUT2D eigenvalue weighted by atomic mass is 10.1. The van der Waals surface area contributed by atoms with Crippen molar-refractivity contribution in [1.29, 1.82) is 0 Å². The van der Waals surface area contributed by atoms with Crippen molar-refractivity contribution >= 4 is 17.5 Å². The second-order valence-corrected chi connectivity index (χ2v) is 5.76. The SMILES string of the molecule is CCN(CCn1cccn1)C(=O)c1cc(-c2ccc(Cl)cc2)n[nH]1. The summed E-state index contributed by atoms with van der Waals surface area (Å²) in [6.45, 7) is 3.82. The summed E-state index contributed by atoms with van der Waals surface area (Å²) < 4.78 is 1.81. The van der Waals surface area contributed by atoms with Crippen LogP contribution in [0.25, 0.3) is 11.3 Å². The minimum absolute atomic E-state index is 0.0719. The minimum Gasteiger partial charge on any atom is -0.336 e. The van der Waals surface area contributed by atoms with E-state index >= 15 is 0 Å². The number of benzene rings is 1. The molecule has 0 saturated carbocycles. The molecule has 1 aromatic carbocycles. The number of halogens is 1. The largest absolute Gasteiger partial charge is 0.336 e. The Balaban J connectivity index is 1.70. The van der Waals surface area contributed by atoms with Crippen LogP contribution < -0.4 is 0 Å². The predicted molar refractivity (Wildman–Crippen MR) is 92.8 cm³/mol. The van der Waals surface area contributed by atoms with Crippen molar-refractivity contribution in [3.63, 3.8) is 0 Å². The number of hydrogen-bond donors (Lipinski definition) is 1. The lowest BCUT2D eigenvalue weighted by Crippen LogP contribution is -2.34. The number of H-pyrrole nitrogens is 1. The molecule has 1 N–H and O–H groups in total. The first-order chi connectivity index (χ1) is 11.7. The summed E-state index contributed by atoms with van der Waals surface area (Å²) in [7, 11) is 0. The lowest BCUT2D eigenvalue weighted by molar-refractivity contribution is 0.0751. The van der Waals surface area contributed by atoms with Gasteiger partial charge in [0.2, 0.25) is 0 Å². The van der Waals surface area contributed by atoms with Gasteiger partial charge in [0, 0.05) is 36.1 Å². The number of hydrogen-bond acceptors (Lipinski definition) is 3. The monoisotopic (exact) mass is 343 g/mol. The van der Waals surface area contributed by atoms with Crippen molar-refractivity contribution in [3.8, 4) is 11.3 Å². The highest BCUT2D eigenvalue weighted by Crippen LogP contribution is 2.20. The molecule has 0 aliphatic carbocycles. The Hall–Kier alpha value is -2.60. The first-order valence-corrected chi connectivity index (χ1v) is 8.13. The number of nitrogens with one attached hydrogen (secondary N) is 1. The lowest BCUT2D eigenvalue weighted by Gasteiger charge is -2.19. The van der Waals surface area contributed by atoms with Gasteiger partial charge in [-0.05, 0) is 31.2 Å². The van der Waals surface area contributed by atoms with Gasteiger partial charge in [0.05, 0.1) is 12.2 Å². The van der Waals surface area contributed by atoms with Crippen molar-refractivity contribution in [2.24, 2.45) is 0 Å². The van der Waals surface area contributed by atoms with E-state index in [9.17, 15) is 4.79 Å². The molecule has 0 saturated heterocycles. The fourth-order valence-electron chi connectivity index (χ4n) is 2.43. The highest BCUT2D eigenvalue weighted by molar-refractivity contribution is 6.30. The normalized spacial score (nSPS) is 10.8. The fourth-order valence-corrected chi connectivity index (χ4v) is 2.56. The number of carbonyl (C=O) groups excluding carboxylic acids is 1. The van der Waals surface area contributed by atoms with E-state index in [-0.39, 0.29) is 5.91 Å². The van der Waals surface area contributed by atoms with Gasteiger partial charge in [-0.1, -0.05) is 23.7 Å². The quantitative estimate of drug-likeness (QED) is 0.748. The molecule has 3 rings (SSSR count). The number of aromatic amines is 1. The van der Waals surface area contributed by atoms with Crippen LogP contribution in [0.4, 0.5) is 0 Å². The van der Waals surface area contributed by atoms with Gasteiger partial charge in [-0.2, -0.15) is 10.2 Å². The minimum atomic E-state index is -0.0719. The van der Waals surface area contributed by atoms with E-state index in [1.165, 1.54) is 0 Å². The summed E-state index contributed by atoms with van der Waals surface area (Å²) in [5.74, 6) is -0.0719. The second kappa shape index (κ2) is 7.31. The summed E-state index contributed by atoms with van der Waals surface area (Å²) in [5.41, 5.74) is 2.11. The van der Waals surface area contributed by atoms with Crippen LogP contribution in [-0.4, -0.2) is 43.9 Å². The molecule has 0 aliphatic rings. The zero-order chi connectivity index (χ0) is 16.9. The Bertz CT molecular complexity index is 795. The number of rotatable bonds is 6. The van der Waals surface area contributed by atoms with E-state index in [0.29, 0.717) is 30.4 Å². The third kappa shape index (κ3) is 3.65. The summed E-state index contributed by atoms with van der Waals surface area (Å²) in [4.78, 5) is 14.4. The van der Waals surface area contributed by atoms with Gasteiger partial charge in [-0.15, -0.1) is 0 Å². The Kier molecular flexibility index (Phi) is 4.96. The Morgan fingerprint density at radius 3 is 2.79 bits per heavy atom. The fraction of sp³-hybridized carbons (Fsp3) is 0.235. The standard InChI is InChI=1S/C17H18ClN5O/c1-2-22(10-11-23-9-3-8-19-23)17(24)16-12-15(20-21-16)13-4-6-14(18)7-5-13/h3-9,12H,2,10-11H2,1H3,(H,20,21). The molecule has 0 radical (unpaired) electrons.